The van der Waals surface area contributed by atoms with Gasteiger partial charge in [0.05, 0.1) is 0 Å². The van der Waals surface area contributed by atoms with Gasteiger partial charge in [0.25, 0.3) is 0 Å². The van der Waals surface area contributed by atoms with E-state index in [-0.39, 0.29) is 0 Å². The van der Waals surface area contributed by atoms with E-state index in [0.29, 0.717) is 5.69 Å². The van der Waals surface area contributed by atoms with Gasteiger partial charge in [-0.25, -0.2) is 0 Å². The van der Waals surface area contributed by atoms with Crippen LogP contribution in [0.1, 0.15) is 11.1 Å². The van der Waals surface area contributed by atoms with Crippen molar-refractivity contribution in [2.75, 3.05) is 0 Å². The van der Waals surface area contributed by atoms with Crippen LogP contribution in [0.3, 0.4) is 0 Å². The fourth-order valence-corrected chi connectivity index (χ4v) is 2.33. The third kappa shape index (κ3) is 0.854. The molecule has 0 aromatic heterocycles. The molecule has 0 bridgehead atoms. The second-order valence-corrected chi connectivity index (χ2v) is 3.67. The van der Waals surface area contributed by atoms with Crippen LogP contribution in [0, 0.1) is 4.91 Å². The van der Waals surface area contributed by atoms with Gasteiger partial charge >= 0.3 is 0 Å². The minimum absolute atomic E-state index is 0.613. The monoisotopic (exact) mass is 183 g/mol. The average molecular weight is 183 g/mol. The normalized spacial score (nSPS) is 13.4. The molecule has 0 unspecified atom stereocenters. The van der Waals surface area contributed by atoms with Gasteiger partial charge in [0.2, 0.25) is 0 Å². The van der Waals surface area contributed by atoms with Gasteiger partial charge in [-0.05, 0) is 46.0 Å². The van der Waals surface area contributed by atoms with E-state index in [2.05, 4.69) is 23.4 Å². The van der Waals surface area contributed by atoms with Gasteiger partial charge in [0.15, 0.2) is 0 Å². The first-order chi connectivity index (χ1) is 6.90. The van der Waals surface area contributed by atoms with E-state index in [1.807, 2.05) is 12.1 Å². The van der Waals surface area contributed by atoms with E-state index in [1.54, 1.807) is 0 Å². The van der Waals surface area contributed by atoms with E-state index < -0.39 is 0 Å². The predicted molar refractivity (Wildman–Crippen MR) is 56.8 cm³/mol. The number of benzene rings is 2. The summed E-state index contributed by atoms with van der Waals surface area (Å²) in [5, 5.41) is 5.55. The number of hydrogen-bond acceptors (Lipinski definition) is 2. The van der Waals surface area contributed by atoms with Crippen LogP contribution < -0.4 is 0 Å². The number of rotatable bonds is 1. The third-order valence-corrected chi connectivity index (χ3v) is 2.96. The molecule has 3 rings (SSSR count). The maximum Gasteiger partial charge on any atom is 0.111 e. The lowest BCUT2D eigenvalue weighted by Gasteiger charge is -2.02. The van der Waals surface area contributed by atoms with Crippen molar-refractivity contribution in [2.45, 2.75) is 12.8 Å². The highest BCUT2D eigenvalue weighted by Crippen LogP contribution is 2.36. The zero-order valence-corrected chi connectivity index (χ0v) is 7.66. The van der Waals surface area contributed by atoms with Crippen LogP contribution in [-0.2, 0) is 12.8 Å². The SMILES string of the molecule is O=Nc1ccc2cccc3c2c1CC3. The summed E-state index contributed by atoms with van der Waals surface area (Å²) in [5.74, 6) is 0. The summed E-state index contributed by atoms with van der Waals surface area (Å²) in [4.78, 5) is 10.6. The van der Waals surface area contributed by atoms with Crippen LogP contribution in [0.4, 0.5) is 5.69 Å². The molecule has 2 aromatic rings. The lowest BCUT2D eigenvalue weighted by Crippen LogP contribution is -1.79. The van der Waals surface area contributed by atoms with Crippen LogP contribution >= 0.6 is 0 Å². The lowest BCUT2D eigenvalue weighted by molar-refractivity contribution is 1.02. The van der Waals surface area contributed by atoms with Crippen molar-refractivity contribution < 1.29 is 0 Å². The van der Waals surface area contributed by atoms with Crippen molar-refractivity contribution in [3.05, 3.63) is 46.4 Å². The lowest BCUT2D eigenvalue weighted by atomic mass is 10.0. The quantitative estimate of drug-likeness (QED) is 0.623. The van der Waals surface area contributed by atoms with Gasteiger partial charge in [-0.3, -0.25) is 0 Å². The van der Waals surface area contributed by atoms with E-state index in [4.69, 9.17) is 0 Å². The molecule has 2 nitrogen and oxygen atoms in total. The summed E-state index contributed by atoms with van der Waals surface area (Å²) in [7, 11) is 0. The highest BCUT2D eigenvalue weighted by Gasteiger charge is 2.17. The van der Waals surface area contributed by atoms with Gasteiger partial charge in [-0.1, -0.05) is 24.3 Å². The molecule has 0 saturated carbocycles. The van der Waals surface area contributed by atoms with Gasteiger partial charge in [-0.15, -0.1) is 4.91 Å². The smallest absolute Gasteiger partial charge is 0.111 e. The maximum atomic E-state index is 10.6. The van der Waals surface area contributed by atoms with Crippen LogP contribution in [0.25, 0.3) is 10.8 Å². The number of aryl methyl sites for hydroxylation is 2. The second-order valence-electron chi connectivity index (χ2n) is 3.67. The molecule has 1 aliphatic rings. The molecule has 68 valence electrons. The molecule has 0 fully saturated rings. The molecular weight excluding hydrogens is 174 g/mol. The fourth-order valence-electron chi connectivity index (χ4n) is 2.33. The van der Waals surface area contributed by atoms with Crippen LogP contribution in [0.2, 0.25) is 0 Å². The largest absolute Gasteiger partial charge is 0.145 e. The summed E-state index contributed by atoms with van der Waals surface area (Å²) in [6, 6.07) is 10.1. The molecule has 2 aromatic carbocycles. The number of nitroso groups, excluding NO2 is 1. The summed E-state index contributed by atoms with van der Waals surface area (Å²) in [6.07, 6.45) is 2.00. The zero-order valence-electron chi connectivity index (χ0n) is 7.66. The summed E-state index contributed by atoms with van der Waals surface area (Å²) < 4.78 is 0. The Morgan fingerprint density at radius 1 is 1.07 bits per heavy atom. The fraction of sp³-hybridized carbons (Fsp3) is 0.167. The summed E-state index contributed by atoms with van der Waals surface area (Å²) in [6.45, 7) is 0. The molecule has 0 spiro atoms. The minimum Gasteiger partial charge on any atom is -0.145 e. The van der Waals surface area contributed by atoms with E-state index in [1.165, 1.54) is 16.3 Å². The Morgan fingerprint density at radius 2 is 2.00 bits per heavy atom. The van der Waals surface area contributed by atoms with Crippen LogP contribution in [-0.4, -0.2) is 0 Å². The van der Waals surface area contributed by atoms with E-state index in [9.17, 15) is 4.91 Å². The highest BCUT2D eigenvalue weighted by molar-refractivity contribution is 5.94. The van der Waals surface area contributed by atoms with Crippen LogP contribution in [0.5, 0.6) is 0 Å². The topological polar surface area (TPSA) is 29.4 Å². The Labute approximate surface area is 81.5 Å². The van der Waals surface area contributed by atoms with Gasteiger partial charge in [0.1, 0.15) is 5.69 Å². The van der Waals surface area contributed by atoms with Gasteiger partial charge in [0, 0.05) is 0 Å². The van der Waals surface area contributed by atoms with Gasteiger partial charge < -0.3 is 0 Å². The predicted octanol–water partition coefficient (Wildman–Crippen LogP) is 3.34. The zero-order chi connectivity index (χ0) is 9.54. The Hall–Kier alpha value is -1.70. The highest BCUT2D eigenvalue weighted by atomic mass is 16.3. The van der Waals surface area contributed by atoms with Crippen molar-refractivity contribution in [1.29, 1.82) is 0 Å². The molecular formula is C12H9NO. The van der Waals surface area contributed by atoms with Crippen molar-refractivity contribution in [3.8, 4) is 0 Å². The van der Waals surface area contributed by atoms with Crippen molar-refractivity contribution in [2.24, 2.45) is 5.18 Å². The van der Waals surface area contributed by atoms with E-state index in [0.717, 1.165) is 18.4 Å². The van der Waals surface area contributed by atoms with Crippen molar-refractivity contribution in [1.82, 2.24) is 0 Å². The molecule has 2 heteroatoms. The molecule has 0 radical (unpaired) electrons. The molecule has 14 heavy (non-hydrogen) atoms. The second kappa shape index (κ2) is 2.64. The Balaban J connectivity index is 2.51. The summed E-state index contributed by atoms with van der Waals surface area (Å²) >= 11 is 0. The molecule has 0 aliphatic heterocycles. The van der Waals surface area contributed by atoms with Crippen molar-refractivity contribution >= 4 is 16.5 Å². The molecule has 1 aliphatic carbocycles. The molecule has 0 heterocycles. The Kier molecular flexibility index (Phi) is 1.45. The Bertz CT molecular complexity index is 531. The number of nitrogens with zero attached hydrogens (tertiary/aromatic N) is 1. The molecule has 0 atom stereocenters. The minimum atomic E-state index is 0.613. The number of hydrogen-bond donors (Lipinski definition) is 0. The first kappa shape index (κ1) is 7.68. The Morgan fingerprint density at radius 3 is 2.86 bits per heavy atom. The molecule has 0 saturated heterocycles. The molecule has 0 amide bonds. The first-order valence-corrected chi connectivity index (χ1v) is 4.77. The van der Waals surface area contributed by atoms with Crippen LogP contribution in [0.15, 0.2) is 35.5 Å². The average Bonchev–Trinajstić information content (AvgIpc) is 2.66. The first-order valence-electron chi connectivity index (χ1n) is 4.77. The maximum absolute atomic E-state index is 10.6. The van der Waals surface area contributed by atoms with E-state index >= 15 is 0 Å². The van der Waals surface area contributed by atoms with Gasteiger partial charge in [-0.2, -0.15) is 0 Å². The summed E-state index contributed by atoms with van der Waals surface area (Å²) in [5.41, 5.74) is 3.10. The third-order valence-electron chi connectivity index (χ3n) is 2.96. The van der Waals surface area contributed by atoms with Crippen molar-refractivity contribution in [3.63, 3.8) is 0 Å². The molecule has 0 N–H and O–H groups in total. The standard InChI is InChI=1S/C12H9NO/c14-13-11-7-5-9-3-1-2-8-4-6-10(11)12(8)9/h1-3,5,7H,4,6H2.